The molecule has 6 heteroatoms. The standard InChI is InChI=1S/C7H13F2NO2S/c8-7(9)2-4-13(11,12)6-1-3-10-5-6/h6-7,10H,1-5H2. The van der Waals surface area contributed by atoms with Crippen molar-refractivity contribution in [2.75, 3.05) is 18.8 Å². The maximum Gasteiger partial charge on any atom is 0.239 e. The van der Waals surface area contributed by atoms with Crippen molar-refractivity contribution in [3.05, 3.63) is 0 Å². The number of sulfone groups is 1. The molecule has 1 fully saturated rings. The van der Waals surface area contributed by atoms with E-state index in [0.29, 0.717) is 19.5 Å². The summed E-state index contributed by atoms with van der Waals surface area (Å²) < 4.78 is 46.3. The van der Waals surface area contributed by atoms with E-state index in [1.807, 2.05) is 0 Å². The Bertz CT molecular complexity index is 247. The van der Waals surface area contributed by atoms with Crippen molar-refractivity contribution in [1.82, 2.24) is 5.32 Å². The fraction of sp³-hybridized carbons (Fsp3) is 1.00. The Labute approximate surface area is 76.4 Å². The smallest absolute Gasteiger partial charge is 0.239 e. The van der Waals surface area contributed by atoms with E-state index in [2.05, 4.69) is 5.32 Å². The van der Waals surface area contributed by atoms with Crippen LogP contribution in [0.25, 0.3) is 0 Å². The van der Waals surface area contributed by atoms with Gasteiger partial charge in [-0.05, 0) is 13.0 Å². The third-order valence-electron chi connectivity index (χ3n) is 2.14. The largest absolute Gasteiger partial charge is 0.315 e. The number of rotatable bonds is 4. The molecular weight excluding hydrogens is 200 g/mol. The van der Waals surface area contributed by atoms with Crippen molar-refractivity contribution in [3.63, 3.8) is 0 Å². The molecule has 1 unspecified atom stereocenters. The van der Waals surface area contributed by atoms with Crippen molar-refractivity contribution in [2.24, 2.45) is 0 Å². The number of hydrogen-bond acceptors (Lipinski definition) is 3. The first kappa shape index (κ1) is 10.8. The maximum atomic E-state index is 11.8. The van der Waals surface area contributed by atoms with E-state index in [9.17, 15) is 17.2 Å². The summed E-state index contributed by atoms with van der Waals surface area (Å²) in [5, 5.41) is 2.45. The highest BCUT2D eigenvalue weighted by atomic mass is 32.2. The molecule has 1 heterocycles. The number of alkyl halides is 2. The van der Waals surface area contributed by atoms with Crippen LogP contribution in [0.2, 0.25) is 0 Å². The Balaban J connectivity index is 2.45. The SMILES string of the molecule is O=S(=O)(CCC(F)F)C1CCNC1. The van der Waals surface area contributed by atoms with Gasteiger partial charge in [-0.25, -0.2) is 17.2 Å². The normalized spacial score (nSPS) is 24.1. The van der Waals surface area contributed by atoms with Gasteiger partial charge in [-0.3, -0.25) is 0 Å². The summed E-state index contributed by atoms with van der Waals surface area (Å²) in [5.41, 5.74) is 0. The average Bonchev–Trinajstić information content (AvgIpc) is 2.53. The lowest BCUT2D eigenvalue weighted by Crippen LogP contribution is -2.27. The third kappa shape index (κ3) is 3.19. The predicted octanol–water partition coefficient (Wildman–Crippen LogP) is 0.418. The topological polar surface area (TPSA) is 46.2 Å². The Hall–Kier alpha value is -0.230. The van der Waals surface area contributed by atoms with Crippen molar-refractivity contribution >= 4 is 9.84 Å². The average molecular weight is 213 g/mol. The lowest BCUT2D eigenvalue weighted by atomic mass is 10.4. The van der Waals surface area contributed by atoms with Crippen LogP contribution in [-0.4, -0.2) is 38.9 Å². The highest BCUT2D eigenvalue weighted by Crippen LogP contribution is 2.13. The second-order valence-electron chi connectivity index (χ2n) is 3.16. The van der Waals surface area contributed by atoms with Gasteiger partial charge in [0.05, 0.1) is 11.0 Å². The molecule has 1 rings (SSSR count). The van der Waals surface area contributed by atoms with E-state index in [-0.39, 0.29) is 0 Å². The molecule has 0 amide bonds. The lowest BCUT2D eigenvalue weighted by molar-refractivity contribution is 0.144. The van der Waals surface area contributed by atoms with Gasteiger partial charge in [-0.2, -0.15) is 0 Å². The monoisotopic (exact) mass is 213 g/mol. The Morgan fingerprint density at radius 2 is 2.15 bits per heavy atom. The van der Waals surface area contributed by atoms with Crippen LogP contribution in [0, 0.1) is 0 Å². The van der Waals surface area contributed by atoms with Gasteiger partial charge in [0.25, 0.3) is 0 Å². The summed E-state index contributed by atoms with van der Waals surface area (Å²) in [6, 6.07) is 0. The van der Waals surface area contributed by atoms with E-state index in [0.717, 1.165) is 0 Å². The zero-order valence-electron chi connectivity index (χ0n) is 7.17. The molecule has 0 radical (unpaired) electrons. The van der Waals surface area contributed by atoms with E-state index < -0.39 is 33.7 Å². The summed E-state index contributed by atoms with van der Waals surface area (Å²) in [7, 11) is -3.30. The van der Waals surface area contributed by atoms with Crippen molar-refractivity contribution in [2.45, 2.75) is 24.5 Å². The molecule has 3 nitrogen and oxygen atoms in total. The van der Waals surface area contributed by atoms with Gasteiger partial charge in [0.1, 0.15) is 0 Å². The zero-order chi connectivity index (χ0) is 9.90. The Morgan fingerprint density at radius 1 is 1.46 bits per heavy atom. The molecule has 1 N–H and O–H groups in total. The molecule has 0 aromatic rings. The summed E-state index contributed by atoms with van der Waals surface area (Å²) in [4.78, 5) is 0. The molecule has 0 bridgehead atoms. The Kier molecular flexibility index (Phi) is 3.61. The Morgan fingerprint density at radius 3 is 2.62 bits per heavy atom. The van der Waals surface area contributed by atoms with Gasteiger partial charge in [0.15, 0.2) is 9.84 Å². The fourth-order valence-corrected chi connectivity index (χ4v) is 3.04. The van der Waals surface area contributed by atoms with Gasteiger partial charge in [-0.1, -0.05) is 0 Å². The van der Waals surface area contributed by atoms with E-state index in [1.165, 1.54) is 0 Å². The first-order valence-electron chi connectivity index (χ1n) is 4.23. The van der Waals surface area contributed by atoms with Crippen LogP contribution in [0.5, 0.6) is 0 Å². The third-order valence-corrected chi connectivity index (χ3v) is 4.37. The minimum Gasteiger partial charge on any atom is -0.315 e. The van der Waals surface area contributed by atoms with Crippen molar-refractivity contribution < 1.29 is 17.2 Å². The van der Waals surface area contributed by atoms with Gasteiger partial charge in [0.2, 0.25) is 6.43 Å². The summed E-state index contributed by atoms with van der Waals surface area (Å²) >= 11 is 0. The maximum absolute atomic E-state index is 11.8. The molecule has 0 aromatic carbocycles. The number of halogens is 2. The first-order chi connectivity index (χ1) is 6.02. The van der Waals surface area contributed by atoms with Crippen LogP contribution in [0.15, 0.2) is 0 Å². The van der Waals surface area contributed by atoms with E-state index in [4.69, 9.17) is 0 Å². The molecular formula is C7H13F2NO2S. The van der Waals surface area contributed by atoms with Crippen LogP contribution in [0.4, 0.5) is 8.78 Å². The summed E-state index contributed by atoms with van der Waals surface area (Å²) in [5.74, 6) is -0.392. The molecule has 0 aromatic heterocycles. The van der Waals surface area contributed by atoms with Gasteiger partial charge >= 0.3 is 0 Å². The van der Waals surface area contributed by atoms with E-state index >= 15 is 0 Å². The second-order valence-corrected chi connectivity index (χ2v) is 5.56. The van der Waals surface area contributed by atoms with E-state index in [1.54, 1.807) is 0 Å². The molecule has 13 heavy (non-hydrogen) atoms. The molecule has 1 aliphatic rings. The fourth-order valence-electron chi connectivity index (χ4n) is 1.35. The zero-order valence-corrected chi connectivity index (χ0v) is 7.99. The molecule has 1 aliphatic heterocycles. The van der Waals surface area contributed by atoms with Crippen molar-refractivity contribution in [3.8, 4) is 0 Å². The number of nitrogens with one attached hydrogen (secondary N) is 1. The van der Waals surface area contributed by atoms with Crippen LogP contribution in [-0.2, 0) is 9.84 Å². The minimum absolute atomic E-state index is 0.392. The van der Waals surface area contributed by atoms with Crippen LogP contribution in [0.3, 0.4) is 0 Å². The molecule has 0 saturated carbocycles. The van der Waals surface area contributed by atoms with Crippen LogP contribution >= 0.6 is 0 Å². The summed E-state index contributed by atoms with van der Waals surface area (Å²) in [6.07, 6.45) is -2.52. The van der Waals surface area contributed by atoms with Crippen LogP contribution < -0.4 is 5.32 Å². The van der Waals surface area contributed by atoms with Gasteiger partial charge in [0, 0.05) is 13.0 Å². The second kappa shape index (κ2) is 4.32. The molecule has 78 valence electrons. The van der Waals surface area contributed by atoms with Gasteiger partial charge < -0.3 is 5.32 Å². The summed E-state index contributed by atoms with van der Waals surface area (Å²) in [6.45, 7) is 1.07. The molecule has 1 saturated heterocycles. The minimum atomic E-state index is -3.30. The quantitative estimate of drug-likeness (QED) is 0.736. The first-order valence-corrected chi connectivity index (χ1v) is 5.94. The van der Waals surface area contributed by atoms with Crippen molar-refractivity contribution in [1.29, 1.82) is 0 Å². The molecule has 0 aliphatic carbocycles. The number of hydrogen-bond donors (Lipinski definition) is 1. The highest BCUT2D eigenvalue weighted by Gasteiger charge is 2.28. The molecule has 0 spiro atoms. The van der Waals surface area contributed by atoms with Gasteiger partial charge in [-0.15, -0.1) is 0 Å². The molecule has 1 atom stereocenters. The highest BCUT2D eigenvalue weighted by molar-refractivity contribution is 7.92. The van der Waals surface area contributed by atoms with Crippen LogP contribution in [0.1, 0.15) is 12.8 Å². The lowest BCUT2D eigenvalue weighted by Gasteiger charge is -2.09. The predicted molar refractivity (Wildman–Crippen MR) is 45.7 cm³/mol.